The Morgan fingerprint density at radius 2 is 1.85 bits per heavy atom. The van der Waals surface area contributed by atoms with Crippen LogP contribution in [0.5, 0.6) is 11.6 Å². The Bertz CT molecular complexity index is 668. The van der Waals surface area contributed by atoms with Crippen LogP contribution >= 0.6 is 15.9 Å². The third kappa shape index (κ3) is 2.56. The summed E-state index contributed by atoms with van der Waals surface area (Å²) in [6, 6.07) is 3.87. The highest BCUT2D eigenvalue weighted by Gasteiger charge is 2.18. The molecule has 0 aliphatic heterocycles. The molecule has 1 heterocycles. The highest BCUT2D eigenvalue weighted by molar-refractivity contribution is 9.10. The fraction of sp³-hybridized carbons (Fsp3) is 0.286. The normalized spacial score (nSPS) is 10.7. The Hall–Kier alpha value is -1.82. The summed E-state index contributed by atoms with van der Waals surface area (Å²) in [5.74, 6) is 1.14. The topological polar surface area (TPSA) is 76.9 Å². The van der Waals surface area contributed by atoms with Crippen molar-refractivity contribution in [2.75, 3.05) is 0 Å². The molecule has 1 aromatic heterocycles. The van der Waals surface area contributed by atoms with Crippen LogP contribution in [0.3, 0.4) is 0 Å². The lowest BCUT2D eigenvalue weighted by Crippen LogP contribution is -2.13. The van der Waals surface area contributed by atoms with E-state index in [1.54, 1.807) is 11.7 Å². The second kappa shape index (κ2) is 5.28. The molecule has 0 amide bonds. The van der Waals surface area contributed by atoms with Crippen molar-refractivity contribution < 1.29 is 4.74 Å². The van der Waals surface area contributed by atoms with Crippen molar-refractivity contribution in [1.82, 2.24) is 9.78 Å². The van der Waals surface area contributed by atoms with E-state index in [2.05, 4.69) is 21.0 Å². The van der Waals surface area contributed by atoms with Gasteiger partial charge in [-0.2, -0.15) is 5.10 Å². The van der Waals surface area contributed by atoms with Crippen molar-refractivity contribution in [1.29, 1.82) is 5.41 Å². The summed E-state index contributed by atoms with van der Waals surface area (Å²) < 4.78 is 8.56. The van der Waals surface area contributed by atoms with Crippen molar-refractivity contribution >= 4 is 21.8 Å². The first-order valence-corrected chi connectivity index (χ1v) is 6.93. The van der Waals surface area contributed by atoms with Gasteiger partial charge >= 0.3 is 0 Å². The molecule has 0 saturated carbocycles. The number of rotatable bonds is 3. The van der Waals surface area contributed by atoms with Gasteiger partial charge < -0.3 is 10.5 Å². The van der Waals surface area contributed by atoms with Crippen LogP contribution in [0.2, 0.25) is 0 Å². The predicted octanol–water partition coefficient (Wildman–Crippen LogP) is 3.18. The van der Waals surface area contributed by atoms with Crippen LogP contribution in [-0.4, -0.2) is 15.6 Å². The second-order valence-corrected chi connectivity index (χ2v) is 5.57. The number of hydrogen-bond donors (Lipinski definition) is 2. The van der Waals surface area contributed by atoms with Gasteiger partial charge in [-0.1, -0.05) is 15.9 Å². The molecule has 0 atom stereocenters. The number of aryl methyl sites for hydroxylation is 4. The highest BCUT2D eigenvalue weighted by Crippen LogP contribution is 2.31. The van der Waals surface area contributed by atoms with Gasteiger partial charge in [-0.15, -0.1) is 0 Å². The highest BCUT2D eigenvalue weighted by atomic mass is 79.9. The summed E-state index contributed by atoms with van der Waals surface area (Å²) in [5, 5.41) is 11.9. The zero-order valence-electron chi connectivity index (χ0n) is 11.9. The number of nitrogen functional groups attached to an aromatic ring is 1. The number of hydrogen-bond acceptors (Lipinski definition) is 3. The van der Waals surface area contributed by atoms with E-state index in [1.165, 1.54) is 0 Å². The molecule has 0 radical (unpaired) electrons. The maximum absolute atomic E-state index is 7.65. The molecule has 0 fully saturated rings. The fourth-order valence-corrected chi connectivity index (χ4v) is 2.37. The Morgan fingerprint density at radius 3 is 2.35 bits per heavy atom. The number of nitrogens with one attached hydrogen (secondary N) is 1. The molecule has 0 unspecified atom stereocenters. The van der Waals surface area contributed by atoms with Gasteiger partial charge in [-0.3, -0.25) is 5.41 Å². The predicted molar refractivity (Wildman–Crippen MR) is 82.7 cm³/mol. The third-order valence-corrected chi connectivity index (χ3v) is 4.31. The van der Waals surface area contributed by atoms with Crippen molar-refractivity contribution in [2.24, 2.45) is 12.8 Å². The molecule has 0 bridgehead atoms. The van der Waals surface area contributed by atoms with E-state index in [9.17, 15) is 0 Å². The van der Waals surface area contributed by atoms with Crippen molar-refractivity contribution in [2.45, 2.75) is 20.8 Å². The minimum Gasteiger partial charge on any atom is -0.438 e. The van der Waals surface area contributed by atoms with Gasteiger partial charge in [0.2, 0.25) is 5.88 Å². The van der Waals surface area contributed by atoms with E-state index in [-0.39, 0.29) is 5.84 Å². The van der Waals surface area contributed by atoms with E-state index >= 15 is 0 Å². The molecule has 106 valence electrons. The second-order valence-electron chi connectivity index (χ2n) is 4.78. The van der Waals surface area contributed by atoms with Crippen LogP contribution in [0, 0.1) is 26.2 Å². The number of nitrogens with two attached hydrogens (primary N) is 1. The third-order valence-electron chi connectivity index (χ3n) is 3.06. The summed E-state index contributed by atoms with van der Waals surface area (Å²) in [6.45, 7) is 5.82. The van der Waals surface area contributed by atoms with Crippen LogP contribution in [0.25, 0.3) is 0 Å². The fourth-order valence-electron chi connectivity index (χ4n) is 2.14. The zero-order valence-corrected chi connectivity index (χ0v) is 13.5. The molecule has 0 spiro atoms. The van der Waals surface area contributed by atoms with Gasteiger partial charge in [0, 0.05) is 11.5 Å². The molecule has 2 rings (SSSR count). The van der Waals surface area contributed by atoms with Crippen LogP contribution in [0.4, 0.5) is 0 Å². The SMILES string of the molecule is Cc1cc(Oc2c(C(=N)N)c(C)nn2C)cc(C)c1Br. The largest absolute Gasteiger partial charge is 0.438 e. The number of halogens is 1. The summed E-state index contributed by atoms with van der Waals surface area (Å²) in [5.41, 5.74) is 9.00. The van der Waals surface area contributed by atoms with Gasteiger partial charge in [0.15, 0.2) is 0 Å². The monoisotopic (exact) mass is 336 g/mol. The maximum atomic E-state index is 7.65. The summed E-state index contributed by atoms with van der Waals surface area (Å²) in [6.07, 6.45) is 0. The number of amidine groups is 1. The minimum atomic E-state index is -0.0452. The molecule has 0 saturated heterocycles. The van der Waals surface area contributed by atoms with Gasteiger partial charge in [0.05, 0.1) is 5.69 Å². The first-order valence-electron chi connectivity index (χ1n) is 6.14. The van der Waals surface area contributed by atoms with E-state index < -0.39 is 0 Å². The molecule has 6 heteroatoms. The first kappa shape index (κ1) is 14.6. The molecule has 5 nitrogen and oxygen atoms in total. The number of nitrogens with zero attached hydrogens (tertiary/aromatic N) is 2. The number of ether oxygens (including phenoxy) is 1. The average molecular weight is 337 g/mol. The van der Waals surface area contributed by atoms with Crippen molar-refractivity contribution in [3.05, 3.63) is 39.0 Å². The average Bonchev–Trinajstić information content (AvgIpc) is 2.61. The maximum Gasteiger partial charge on any atom is 0.228 e. The molecule has 0 aliphatic carbocycles. The number of benzene rings is 1. The standard InChI is InChI=1S/C14H17BrN4O/c1-7-5-10(6-8(2)12(7)15)20-14-11(13(16)17)9(3)18-19(14)4/h5-6H,1-4H3,(H3,16,17). The summed E-state index contributed by atoms with van der Waals surface area (Å²) in [4.78, 5) is 0. The van der Waals surface area contributed by atoms with Crippen LogP contribution in [0.1, 0.15) is 22.4 Å². The van der Waals surface area contributed by atoms with E-state index in [0.717, 1.165) is 15.6 Å². The van der Waals surface area contributed by atoms with Crippen molar-refractivity contribution in [3.8, 4) is 11.6 Å². The first-order chi connectivity index (χ1) is 9.31. The molecular formula is C14H17BrN4O. The Labute approximate surface area is 126 Å². The van der Waals surface area contributed by atoms with Crippen molar-refractivity contribution in [3.63, 3.8) is 0 Å². The van der Waals surface area contributed by atoms with Gasteiger partial charge in [-0.05, 0) is 44.0 Å². The summed E-state index contributed by atoms with van der Waals surface area (Å²) in [7, 11) is 1.77. The molecule has 0 aliphatic rings. The Morgan fingerprint density at radius 1 is 1.30 bits per heavy atom. The van der Waals surface area contributed by atoms with E-state index in [4.69, 9.17) is 15.9 Å². The minimum absolute atomic E-state index is 0.0452. The molecular weight excluding hydrogens is 320 g/mol. The van der Waals surface area contributed by atoms with Gasteiger partial charge in [0.25, 0.3) is 0 Å². The molecule has 20 heavy (non-hydrogen) atoms. The molecule has 3 N–H and O–H groups in total. The Balaban J connectivity index is 2.48. The lowest BCUT2D eigenvalue weighted by molar-refractivity contribution is 0.429. The lowest BCUT2D eigenvalue weighted by Gasteiger charge is -2.11. The lowest BCUT2D eigenvalue weighted by atomic mass is 10.1. The van der Waals surface area contributed by atoms with Crippen LogP contribution in [-0.2, 0) is 7.05 Å². The smallest absolute Gasteiger partial charge is 0.228 e. The van der Waals surface area contributed by atoms with Crippen LogP contribution < -0.4 is 10.5 Å². The molecule has 1 aromatic carbocycles. The van der Waals surface area contributed by atoms with E-state index in [1.807, 2.05) is 32.9 Å². The van der Waals surface area contributed by atoms with Gasteiger partial charge in [0.1, 0.15) is 17.1 Å². The van der Waals surface area contributed by atoms with E-state index in [0.29, 0.717) is 22.9 Å². The van der Waals surface area contributed by atoms with Gasteiger partial charge in [-0.25, -0.2) is 4.68 Å². The summed E-state index contributed by atoms with van der Waals surface area (Å²) >= 11 is 3.53. The zero-order chi connectivity index (χ0) is 15.0. The molecule has 2 aromatic rings. The van der Waals surface area contributed by atoms with Crippen LogP contribution in [0.15, 0.2) is 16.6 Å². The quantitative estimate of drug-likeness (QED) is 0.667. The number of aromatic nitrogens is 2. The Kier molecular flexibility index (Phi) is 3.85.